The highest BCUT2D eigenvalue weighted by atomic mass is 31.2. The minimum absolute atomic E-state index is 0.0477. The van der Waals surface area contributed by atoms with Crippen LogP contribution in [0, 0.1) is 0 Å². The van der Waals surface area contributed by atoms with Gasteiger partial charge in [0.05, 0.1) is 27.7 Å². The first-order chi connectivity index (χ1) is 27.4. The lowest BCUT2D eigenvalue weighted by molar-refractivity contribution is -0.870. The second-order valence-corrected chi connectivity index (χ2v) is 17.9. The largest absolute Gasteiger partial charge is 0.756 e. The van der Waals surface area contributed by atoms with Gasteiger partial charge in [0.15, 0.2) is 11.9 Å². The van der Waals surface area contributed by atoms with Crippen molar-refractivity contribution in [3.8, 4) is 0 Å². The van der Waals surface area contributed by atoms with Gasteiger partial charge in [-0.15, -0.1) is 0 Å². The second kappa shape index (κ2) is 38.1. The molecule has 0 amide bonds. The summed E-state index contributed by atoms with van der Waals surface area (Å²) in [5.41, 5.74) is 0. The van der Waals surface area contributed by atoms with Crippen LogP contribution in [-0.4, -0.2) is 75.8 Å². The molecule has 0 radical (unpaired) electrons. The zero-order valence-corrected chi connectivity index (χ0v) is 37.9. The van der Waals surface area contributed by atoms with Crippen molar-refractivity contribution in [1.82, 2.24) is 0 Å². The van der Waals surface area contributed by atoms with E-state index in [0.717, 1.165) is 77.0 Å². The van der Waals surface area contributed by atoms with Gasteiger partial charge in [-0.2, -0.15) is 0 Å². The van der Waals surface area contributed by atoms with Gasteiger partial charge in [0.2, 0.25) is 0 Å². The molecule has 0 N–H and O–H groups in total. The molecule has 332 valence electrons. The predicted molar refractivity (Wildman–Crippen MR) is 232 cm³/mol. The molecule has 0 aliphatic carbocycles. The number of nitrogens with zero attached hydrogens (tertiary/aromatic N) is 1. The van der Waals surface area contributed by atoms with Gasteiger partial charge in [0.25, 0.3) is 7.82 Å². The number of carbonyl (C=O) groups excluding carboxylic acids is 3. The maximum Gasteiger partial charge on any atom is 0.306 e. The number of esters is 2. The number of quaternary nitrogens is 1. The molecule has 0 aliphatic rings. The Kier molecular flexibility index (Phi) is 36.7. The molecule has 0 aromatic carbocycles. The Morgan fingerprint density at radius 1 is 0.579 bits per heavy atom. The third kappa shape index (κ3) is 41.8. The van der Waals surface area contributed by atoms with Gasteiger partial charge in [0, 0.05) is 19.3 Å². The lowest BCUT2D eigenvalue weighted by Gasteiger charge is -2.28. The fourth-order valence-corrected chi connectivity index (χ4v) is 6.71. The van der Waals surface area contributed by atoms with Crippen LogP contribution in [0.3, 0.4) is 0 Å². The standard InChI is InChI=1S/C46H84NO9P/c1-6-8-10-11-12-13-14-15-16-17-18-19-20-23-26-29-33-37-45(49)53-41-44(42-55-57(51,52)54-40-39-47(3,4)5)56-46(50)38-34-30-27-24-21-22-25-28-32-36-43(48)35-31-9-7-2/h15-16,25,28,32,36,44H,6-14,17-24,26-27,29-31,33-35,37-42H2,1-5H3/b16-15-,28-25-,36-32+/t44-/m1/s1. The van der Waals surface area contributed by atoms with Crippen molar-refractivity contribution in [3.63, 3.8) is 0 Å². The van der Waals surface area contributed by atoms with E-state index in [2.05, 4.69) is 32.1 Å². The summed E-state index contributed by atoms with van der Waals surface area (Å²) in [6, 6.07) is 0. The van der Waals surface area contributed by atoms with Crippen molar-refractivity contribution in [1.29, 1.82) is 0 Å². The summed E-state index contributed by atoms with van der Waals surface area (Å²) in [5, 5.41) is 0. The average molecular weight is 826 g/mol. The highest BCUT2D eigenvalue weighted by molar-refractivity contribution is 7.45. The minimum atomic E-state index is -4.65. The molecule has 0 fully saturated rings. The van der Waals surface area contributed by atoms with Gasteiger partial charge in [-0.1, -0.05) is 141 Å². The fraction of sp³-hybridized carbons (Fsp3) is 0.804. The Labute approximate surface area is 348 Å². The first kappa shape index (κ1) is 54.9. The molecule has 2 atom stereocenters. The number of likely N-dealkylation sites (N-methyl/N-ethyl adjacent to an activating group) is 1. The molecule has 0 spiro atoms. The summed E-state index contributed by atoms with van der Waals surface area (Å²) < 4.78 is 33.8. The summed E-state index contributed by atoms with van der Waals surface area (Å²) >= 11 is 0. The Hall–Kier alpha value is -2.10. The molecule has 0 heterocycles. The third-order valence-corrected chi connectivity index (χ3v) is 10.6. The lowest BCUT2D eigenvalue weighted by Crippen LogP contribution is -2.37. The minimum Gasteiger partial charge on any atom is -0.756 e. The van der Waals surface area contributed by atoms with Gasteiger partial charge >= 0.3 is 11.9 Å². The van der Waals surface area contributed by atoms with Crippen LogP contribution in [0.5, 0.6) is 0 Å². The molecule has 1 unspecified atom stereocenters. The number of allylic oxidation sites excluding steroid dienone is 6. The molecule has 57 heavy (non-hydrogen) atoms. The molecular weight excluding hydrogens is 741 g/mol. The zero-order chi connectivity index (χ0) is 42.3. The first-order valence-corrected chi connectivity index (χ1v) is 24.1. The maximum absolute atomic E-state index is 12.7. The summed E-state index contributed by atoms with van der Waals surface area (Å²) in [4.78, 5) is 49.3. The topological polar surface area (TPSA) is 128 Å². The van der Waals surface area contributed by atoms with E-state index >= 15 is 0 Å². The molecule has 0 saturated heterocycles. The van der Waals surface area contributed by atoms with E-state index in [9.17, 15) is 23.8 Å². The number of hydrogen-bond acceptors (Lipinski definition) is 9. The van der Waals surface area contributed by atoms with Crippen molar-refractivity contribution in [2.45, 2.75) is 193 Å². The van der Waals surface area contributed by atoms with E-state index in [-0.39, 0.29) is 31.8 Å². The number of rotatable bonds is 41. The Balaban J connectivity index is 4.40. The van der Waals surface area contributed by atoms with Crippen LogP contribution in [0.2, 0.25) is 0 Å². The zero-order valence-electron chi connectivity index (χ0n) is 37.0. The van der Waals surface area contributed by atoms with Gasteiger partial charge in [-0.3, -0.25) is 18.9 Å². The molecule has 11 heteroatoms. The molecule has 10 nitrogen and oxygen atoms in total. The number of unbranched alkanes of at least 4 members (excludes halogenated alkanes) is 20. The van der Waals surface area contributed by atoms with Crippen molar-refractivity contribution in [2.75, 3.05) is 47.5 Å². The summed E-state index contributed by atoms with van der Waals surface area (Å²) in [7, 11) is 1.11. The van der Waals surface area contributed by atoms with Crippen LogP contribution in [-0.2, 0) is 37.5 Å². The maximum atomic E-state index is 12.7. The molecule has 0 rings (SSSR count). The smallest absolute Gasteiger partial charge is 0.306 e. The number of phosphoric ester groups is 1. The second-order valence-electron chi connectivity index (χ2n) is 16.4. The van der Waals surface area contributed by atoms with Crippen LogP contribution in [0.15, 0.2) is 36.5 Å². The molecule has 0 bridgehead atoms. The highest BCUT2D eigenvalue weighted by Crippen LogP contribution is 2.38. The van der Waals surface area contributed by atoms with Gasteiger partial charge in [-0.25, -0.2) is 0 Å². The van der Waals surface area contributed by atoms with E-state index in [1.54, 1.807) is 6.08 Å². The monoisotopic (exact) mass is 826 g/mol. The number of phosphoric acid groups is 1. The summed E-state index contributed by atoms with van der Waals surface area (Å²) in [5.74, 6) is -0.726. The number of hydrogen-bond donors (Lipinski definition) is 0. The number of ketones is 1. The fourth-order valence-electron chi connectivity index (χ4n) is 5.98. The van der Waals surface area contributed by atoms with E-state index in [4.69, 9.17) is 18.5 Å². The molecule has 0 aromatic rings. The Morgan fingerprint density at radius 2 is 1.05 bits per heavy atom. The van der Waals surface area contributed by atoms with Crippen molar-refractivity contribution < 1.29 is 46.8 Å². The van der Waals surface area contributed by atoms with Crippen LogP contribution in [0.25, 0.3) is 0 Å². The number of ether oxygens (including phenoxy) is 2. The van der Waals surface area contributed by atoms with E-state index in [1.165, 1.54) is 64.2 Å². The van der Waals surface area contributed by atoms with Crippen molar-refractivity contribution in [2.24, 2.45) is 0 Å². The molecular formula is C46H84NO9P. The summed E-state index contributed by atoms with van der Waals surface area (Å²) in [6.07, 6.45) is 38.6. The number of carbonyl (C=O) groups is 3. The van der Waals surface area contributed by atoms with Gasteiger partial charge < -0.3 is 27.9 Å². The van der Waals surface area contributed by atoms with E-state index < -0.39 is 32.5 Å². The van der Waals surface area contributed by atoms with E-state index in [1.807, 2.05) is 33.3 Å². The van der Waals surface area contributed by atoms with Crippen molar-refractivity contribution >= 4 is 25.5 Å². The van der Waals surface area contributed by atoms with Crippen LogP contribution >= 0.6 is 7.82 Å². The Morgan fingerprint density at radius 3 is 1.61 bits per heavy atom. The molecule has 0 aromatic heterocycles. The lowest BCUT2D eigenvalue weighted by atomic mass is 10.1. The Bertz CT molecular complexity index is 1130. The normalized spacial score (nSPS) is 13.8. The van der Waals surface area contributed by atoms with Gasteiger partial charge in [0.1, 0.15) is 19.8 Å². The summed E-state index contributed by atoms with van der Waals surface area (Å²) in [6.45, 7) is 4.01. The predicted octanol–water partition coefficient (Wildman–Crippen LogP) is 11.5. The quantitative estimate of drug-likeness (QED) is 0.0112. The molecule has 0 saturated carbocycles. The van der Waals surface area contributed by atoms with Crippen LogP contribution in [0.4, 0.5) is 0 Å². The average Bonchev–Trinajstić information content (AvgIpc) is 3.15. The highest BCUT2D eigenvalue weighted by Gasteiger charge is 2.21. The third-order valence-electron chi connectivity index (χ3n) is 9.61. The molecule has 0 aliphatic heterocycles. The SMILES string of the molecule is CCCCCCCC/C=C\CCCCCCCCCC(=O)OC[C@H](COP(=O)([O-])OCC[N+](C)(C)C)OC(=O)CCCCCCC/C=C\C=C\C(=O)CCCCC. The van der Waals surface area contributed by atoms with Crippen molar-refractivity contribution in [3.05, 3.63) is 36.5 Å². The van der Waals surface area contributed by atoms with Gasteiger partial charge in [-0.05, 0) is 63.9 Å². The van der Waals surface area contributed by atoms with E-state index in [0.29, 0.717) is 30.3 Å². The van der Waals surface area contributed by atoms with Crippen LogP contribution < -0.4 is 4.89 Å². The van der Waals surface area contributed by atoms with Crippen LogP contribution in [0.1, 0.15) is 187 Å². The first-order valence-electron chi connectivity index (χ1n) is 22.6.